The molecular weight excluding hydrogens is 678 g/mol. The molecule has 1 saturated heterocycles. The van der Waals surface area contributed by atoms with Crippen molar-refractivity contribution in [3.63, 3.8) is 0 Å². The SMILES string of the molecule is CC[C@@H]1CC(N(Cc2cc(C(F)(F)F)cc(C(F)(F)F)c2)c2ncc(-c3cnn(C)c3)cn2)C[C@H](CC)N1COCC1CCC(CC(=O)O)CC1. The Hall–Kier alpha value is -3.72. The summed E-state index contributed by atoms with van der Waals surface area (Å²) in [7, 11) is 1.77. The number of aromatic nitrogens is 4. The highest BCUT2D eigenvalue weighted by Gasteiger charge is 2.40. The van der Waals surface area contributed by atoms with Crippen molar-refractivity contribution in [2.45, 2.75) is 109 Å². The smallest absolute Gasteiger partial charge is 0.416 e. The van der Waals surface area contributed by atoms with E-state index in [0.29, 0.717) is 37.7 Å². The normalized spacial score (nSPS) is 23.4. The maximum absolute atomic E-state index is 13.8. The summed E-state index contributed by atoms with van der Waals surface area (Å²) in [6.45, 7) is 4.84. The Bertz CT molecular complexity index is 1540. The first-order chi connectivity index (χ1) is 24.1. The minimum atomic E-state index is -4.97. The van der Waals surface area contributed by atoms with E-state index in [1.807, 2.05) is 0 Å². The largest absolute Gasteiger partial charge is 0.481 e. The molecule has 1 N–H and O–H groups in total. The molecule has 9 nitrogen and oxygen atoms in total. The van der Waals surface area contributed by atoms with Crippen molar-refractivity contribution in [1.29, 1.82) is 0 Å². The van der Waals surface area contributed by atoms with Gasteiger partial charge < -0.3 is 14.7 Å². The van der Waals surface area contributed by atoms with Crippen molar-refractivity contribution in [3.8, 4) is 11.1 Å². The van der Waals surface area contributed by atoms with E-state index in [1.165, 1.54) is 0 Å². The summed E-state index contributed by atoms with van der Waals surface area (Å²) in [6, 6.07) is 1.48. The van der Waals surface area contributed by atoms with Gasteiger partial charge in [-0.3, -0.25) is 14.4 Å². The number of hydrogen-bond donors (Lipinski definition) is 1. The Morgan fingerprint density at radius 1 is 0.882 bits per heavy atom. The standard InChI is InChI=1S/C36H46F6N6O3/c1-4-30-14-32(15-31(5-2)48(30)22-51-21-24-8-6-23(7-9-24)12-33(49)50)47(34-43-16-26(17-44-34)27-18-45-46(3)20-27)19-25-10-28(35(37,38)39)13-29(11-25)36(40,41)42/h10-11,13,16-18,20,23-24,30-32H,4-9,12,14-15,19,21-22H2,1-3H3,(H,49,50)/t23?,24?,30-,31+,32?. The van der Waals surface area contributed by atoms with Gasteiger partial charge in [0.15, 0.2) is 0 Å². The third-order valence-electron chi connectivity index (χ3n) is 10.4. The fourth-order valence-electron chi connectivity index (χ4n) is 7.59. The predicted octanol–water partition coefficient (Wildman–Crippen LogP) is 8.20. The highest BCUT2D eigenvalue weighted by Crippen LogP contribution is 2.38. The lowest BCUT2D eigenvalue weighted by Gasteiger charge is -2.48. The quantitative estimate of drug-likeness (QED) is 0.176. The van der Waals surface area contributed by atoms with Gasteiger partial charge in [-0.05, 0) is 87.0 Å². The number of rotatable bonds is 13. The third-order valence-corrected chi connectivity index (χ3v) is 10.4. The topological polar surface area (TPSA) is 96.6 Å². The summed E-state index contributed by atoms with van der Waals surface area (Å²) in [5.74, 6) is 0.0267. The fourth-order valence-corrected chi connectivity index (χ4v) is 7.59. The van der Waals surface area contributed by atoms with Crippen LogP contribution in [-0.2, 0) is 35.5 Å². The number of aryl methyl sites for hydroxylation is 1. The average Bonchev–Trinajstić information content (AvgIpc) is 3.53. The summed E-state index contributed by atoms with van der Waals surface area (Å²) >= 11 is 0. The van der Waals surface area contributed by atoms with Crippen LogP contribution in [0.25, 0.3) is 11.1 Å². The van der Waals surface area contributed by atoms with Crippen molar-refractivity contribution in [2.24, 2.45) is 18.9 Å². The second kappa shape index (κ2) is 16.3. The number of piperidine rings is 1. The summed E-state index contributed by atoms with van der Waals surface area (Å²) in [4.78, 5) is 24.3. The maximum atomic E-state index is 13.8. The van der Waals surface area contributed by atoms with Gasteiger partial charge in [0.25, 0.3) is 0 Å². The minimum Gasteiger partial charge on any atom is -0.481 e. The molecule has 3 aromatic rings. The van der Waals surface area contributed by atoms with Crippen LogP contribution < -0.4 is 4.90 Å². The Kier molecular flexibility index (Phi) is 12.3. The van der Waals surface area contributed by atoms with Gasteiger partial charge in [-0.25, -0.2) is 9.97 Å². The van der Waals surface area contributed by atoms with Crippen LogP contribution in [0.1, 0.15) is 88.3 Å². The molecule has 51 heavy (non-hydrogen) atoms. The number of carboxylic acid groups (broad SMARTS) is 1. The van der Waals surface area contributed by atoms with E-state index < -0.39 is 29.4 Å². The molecule has 15 heteroatoms. The first-order valence-corrected chi connectivity index (χ1v) is 17.6. The number of aliphatic carboxylic acids is 1. The monoisotopic (exact) mass is 724 g/mol. The van der Waals surface area contributed by atoms with Gasteiger partial charge in [0.1, 0.15) is 0 Å². The van der Waals surface area contributed by atoms with Gasteiger partial charge in [0.2, 0.25) is 5.95 Å². The Labute approximate surface area is 294 Å². The number of benzene rings is 1. The van der Waals surface area contributed by atoms with Gasteiger partial charge in [0, 0.05) is 67.9 Å². The van der Waals surface area contributed by atoms with Crippen molar-refractivity contribution < 1.29 is 41.0 Å². The van der Waals surface area contributed by atoms with Crippen LogP contribution >= 0.6 is 0 Å². The highest BCUT2D eigenvalue weighted by atomic mass is 19.4. The van der Waals surface area contributed by atoms with Gasteiger partial charge in [0.05, 0.1) is 30.7 Å². The average molecular weight is 725 g/mol. The van der Waals surface area contributed by atoms with Crippen molar-refractivity contribution in [2.75, 3.05) is 18.2 Å². The summed E-state index contributed by atoms with van der Waals surface area (Å²) in [6.07, 6.45) is 3.16. The van der Waals surface area contributed by atoms with Crippen LogP contribution in [0.3, 0.4) is 0 Å². The van der Waals surface area contributed by atoms with E-state index in [0.717, 1.165) is 56.2 Å². The Balaban J connectivity index is 1.38. The molecule has 0 bridgehead atoms. The Morgan fingerprint density at radius 2 is 1.45 bits per heavy atom. The molecule has 3 atom stereocenters. The van der Waals surface area contributed by atoms with E-state index in [1.54, 1.807) is 41.4 Å². The second-order valence-corrected chi connectivity index (χ2v) is 14.0. The van der Waals surface area contributed by atoms with Crippen LogP contribution in [0.15, 0.2) is 43.0 Å². The van der Waals surface area contributed by atoms with Crippen molar-refractivity contribution >= 4 is 11.9 Å². The van der Waals surface area contributed by atoms with Crippen LogP contribution in [0, 0.1) is 11.8 Å². The van der Waals surface area contributed by atoms with Gasteiger partial charge in [-0.2, -0.15) is 31.4 Å². The number of hydrogen-bond acceptors (Lipinski definition) is 7. The lowest BCUT2D eigenvalue weighted by molar-refractivity contribution is -0.143. The van der Waals surface area contributed by atoms with Gasteiger partial charge >= 0.3 is 18.3 Å². The zero-order valence-electron chi connectivity index (χ0n) is 29.1. The summed E-state index contributed by atoms with van der Waals surface area (Å²) in [5, 5.41) is 13.3. The second-order valence-electron chi connectivity index (χ2n) is 14.0. The highest BCUT2D eigenvalue weighted by molar-refractivity contribution is 5.67. The molecule has 2 fully saturated rings. The molecule has 0 spiro atoms. The zero-order chi connectivity index (χ0) is 36.9. The van der Waals surface area contributed by atoms with Crippen molar-refractivity contribution in [3.05, 3.63) is 59.7 Å². The van der Waals surface area contributed by atoms with E-state index in [-0.39, 0.29) is 54.6 Å². The van der Waals surface area contributed by atoms with Gasteiger partial charge in [-0.15, -0.1) is 0 Å². The lowest BCUT2D eigenvalue weighted by Crippen LogP contribution is -2.55. The van der Waals surface area contributed by atoms with E-state index >= 15 is 0 Å². The molecule has 1 unspecified atom stereocenters. The maximum Gasteiger partial charge on any atom is 0.416 e. The fraction of sp³-hybridized carbons (Fsp3) is 0.611. The molecule has 2 aromatic heterocycles. The molecule has 1 aliphatic heterocycles. The molecule has 1 saturated carbocycles. The first kappa shape index (κ1) is 38.5. The zero-order valence-corrected chi connectivity index (χ0v) is 29.1. The Morgan fingerprint density at radius 3 is 1.94 bits per heavy atom. The van der Waals surface area contributed by atoms with E-state index in [4.69, 9.17) is 9.84 Å². The van der Waals surface area contributed by atoms with Gasteiger partial charge in [-0.1, -0.05) is 13.8 Å². The van der Waals surface area contributed by atoms with Crippen LogP contribution in [-0.4, -0.2) is 67.2 Å². The predicted molar refractivity (Wildman–Crippen MR) is 178 cm³/mol. The number of ether oxygens (including phenoxy) is 1. The molecular formula is C36H46F6N6O3. The molecule has 0 amide bonds. The van der Waals surface area contributed by atoms with Crippen LogP contribution in [0.4, 0.5) is 32.3 Å². The van der Waals surface area contributed by atoms with E-state index in [9.17, 15) is 31.1 Å². The number of halogens is 6. The molecule has 1 aromatic carbocycles. The number of carboxylic acids is 1. The number of alkyl halides is 6. The molecule has 280 valence electrons. The number of carbonyl (C=O) groups is 1. The first-order valence-electron chi connectivity index (χ1n) is 17.6. The number of anilines is 1. The lowest BCUT2D eigenvalue weighted by atomic mass is 9.81. The van der Waals surface area contributed by atoms with Crippen LogP contribution in [0.2, 0.25) is 0 Å². The third kappa shape index (κ3) is 10.00. The van der Waals surface area contributed by atoms with E-state index in [2.05, 4.69) is 33.8 Å². The number of nitrogens with zero attached hydrogens (tertiary/aromatic N) is 6. The molecule has 2 aliphatic rings. The van der Waals surface area contributed by atoms with Crippen molar-refractivity contribution in [1.82, 2.24) is 24.6 Å². The number of likely N-dealkylation sites (tertiary alicyclic amines) is 1. The van der Waals surface area contributed by atoms with Crippen LogP contribution in [0.5, 0.6) is 0 Å². The molecule has 1 aliphatic carbocycles. The molecule has 5 rings (SSSR count). The summed E-state index contributed by atoms with van der Waals surface area (Å²) in [5.41, 5.74) is -1.42. The molecule has 3 heterocycles. The summed E-state index contributed by atoms with van der Waals surface area (Å²) < 4.78 is 90.9. The molecule has 0 radical (unpaired) electrons. The minimum absolute atomic E-state index is 0.0319.